The molecule has 0 saturated carbocycles. The van der Waals surface area contributed by atoms with Gasteiger partial charge in [-0.25, -0.2) is 9.89 Å². The van der Waals surface area contributed by atoms with Crippen molar-refractivity contribution < 1.29 is 4.79 Å². The van der Waals surface area contributed by atoms with E-state index < -0.39 is 0 Å². The molecule has 0 radical (unpaired) electrons. The maximum Gasteiger partial charge on any atom is 0.343 e. The third-order valence-corrected chi connectivity index (χ3v) is 4.76. The van der Waals surface area contributed by atoms with Gasteiger partial charge in [0.15, 0.2) is 0 Å². The number of aromatic nitrogens is 3. The van der Waals surface area contributed by atoms with E-state index in [2.05, 4.69) is 16.8 Å². The first kappa shape index (κ1) is 14.8. The Morgan fingerprint density at radius 1 is 1.64 bits per heavy atom. The van der Waals surface area contributed by atoms with Crippen LogP contribution in [-0.2, 0) is 24.3 Å². The number of aryl methyl sites for hydroxylation is 1. The van der Waals surface area contributed by atoms with Crippen LogP contribution in [0, 0.1) is 5.92 Å². The van der Waals surface area contributed by atoms with Gasteiger partial charge < -0.3 is 4.90 Å². The van der Waals surface area contributed by atoms with E-state index in [4.69, 9.17) is 0 Å². The quantitative estimate of drug-likeness (QED) is 0.847. The summed E-state index contributed by atoms with van der Waals surface area (Å²) >= 11 is 1.64. The average Bonchev–Trinajstić information content (AvgIpc) is 3.16. The van der Waals surface area contributed by atoms with Crippen molar-refractivity contribution in [1.29, 1.82) is 0 Å². The van der Waals surface area contributed by atoms with Crippen molar-refractivity contribution in [3.05, 3.63) is 51.4 Å². The van der Waals surface area contributed by atoms with E-state index in [1.54, 1.807) is 26.9 Å². The lowest BCUT2D eigenvalue weighted by Gasteiger charge is -2.28. The van der Waals surface area contributed by atoms with E-state index in [-0.39, 0.29) is 17.5 Å². The third-order valence-electron chi connectivity index (χ3n) is 3.89. The van der Waals surface area contributed by atoms with Crippen LogP contribution in [0.4, 0.5) is 0 Å². The van der Waals surface area contributed by atoms with E-state index in [1.165, 1.54) is 0 Å². The number of rotatable bonds is 5. The summed E-state index contributed by atoms with van der Waals surface area (Å²) in [5.41, 5.74) is -0.235. The van der Waals surface area contributed by atoms with Crippen molar-refractivity contribution in [2.24, 2.45) is 5.92 Å². The van der Waals surface area contributed by atoms with Crippen LogP contribution >= 0.6 is 11.3 Å². The van der Waals surface area contributed by atoms with Crippen LogP contribution in [0.1, 0.15) is 17.1 Å². The molecule has 1 aliphatic heterocycles. The summed E-state index contributed by atoms with van der Waals surface area (Å²) in [6.45, 7) is 5.25. The molecule has 0 aliphatic carbocycles. The van der Waals surface area contributed by atoms with Crippen molar-refractivity contribution in [2.45, 2.75) is 25.9 Å². The Balaban J connectivity index is 1.75. The molecule has 7 heteroatoms. The summed E-state index contributed by atoms with van der Waals surface area (Å²) < 4.78 is 1.57. The summed E-state index contributed by atoms with van der Waals surface area (Å²) in [7, 11) is 0. The fourth-order valence-electron chi connectivity index (χ4n) is 2.78. The maximum absolute atomic E-state index is 12.8. The minimum atomic E-state index is -0.235. The van der Waals surface area contributed by atoms with Gasteiger partial charge in [-0.3, -0.25) is 9.36 Å². The molecule has 0 bridgehead atoms. The molecule has 1 amide bonds. The number of hydrogen-bond acceptors (Lipinski definition) is 4. The number of thiophene rings is 1. The predicted octanol–water partition coefficient (Wildman–Crippen LogP) is 1.41. The number of amides is 1. The first-order valence-corrected chi connectivity index (χ1v) is 8.13. The molecule has 1 aliphatic rings. The second-order valence-electron chi connectivity index (χ2n) is 5.38. The molecule has 6 nitrogen and oxygen atoms in total. The lowest BCUT2D eigenvalue weighted by molar-refractivity contribution is -0.136. The largest absolute Gasteiger partial charge is 0.343 e. The lowest BCUT2D eigenvalue weighted by atomic mass is 9.97. The lowest BCUT2D eigenvalue weighted by Crippen LogP contribution is -2.41. The first-order valence-electron chi connectivity index (χ1n) is 7.25. The Morgan fingerprint density at radius 3 is 3.23 bits per heavy atom. The number of carbonyl (C=O) groups excluding carboxylic acids is 1. The minimum absolute atomic E-state index is 0.0760. The smallest absolute Gasteiger partial charge is 0.334 e. The number of fused-ring (bicyclic) bond motifs is 1. The summed E-state index contributed by atoms with van der Waals surface area (Å²) in [5, 5.41) is 8.43. The molecule has 1 N–H and O–H groups in total. The highest BCUT2D eigenvalue weighted by Crippen LogP contribution is 2.21. The zero-order valence-corrected chi connectivity index (χ0v) is 13.0. The van der Waals surface area contributed by atoms with Crippen LogP contribution in [0.15, 0.2) is 35.0 Å². The van der Waals surface area contributed by atoms with Gasteiger partial charge in [-0.1, -0.05) is 12.1 Å². The number of nitrogens with one attached hydrogen (secondary N) is 1. The van der Waals surface area contributed by atoms with Crippen molar-refractivity contribution in [1.82, 2.24) is 19.7 Å². The third kappa shape index (κ3) is 2.89. The highest BCUT2D eigenvalue weighted by molar-refractivity contribution is 7.09. The SMILES string of the molecule is C=CCN(Cc1cccs1)C(=O)C1CCc2n[nH]c(=O)n2C1. The highest BCUT2D eigenvalue weighted by Gasteiger charge is 2.29. The van der Waals surface area contributed by atoms with E-state index in [0.29, 0.717) is 26.1 Å². The van der Waals surface area contributed by atoms with Gasteiger partial charge in [-0.05, 0) is 17.9 Å². The maximum atomic E-state index is 12.8. The van der Waals surface area contributed by atoms with Gasteiger partial charge in [0.05, 0.1) is 12.5 Å². The molecule has 0 aromatic carbocycles. The summed E-state index contributed by atoms with van der Waals surface area (Å²) in [5.74, 6) is 0.636. The van der Waals surface area contributed by atoms with Gasteiger partial charge in [0, 0.05) is 24.4 Å². The molecule has 1 atom stereocenters. The van der Waals surface area contributed by atoms with E-state index in [1.807, 2.05) is 17.5 Å². The van der Waals surface area contributed by atoms with Gasteiger partial charge in [-0.15, -0.1) is 17.9 Å². The number of H-pyrrole nitrogens is 1. The Morgan fingerprint density at radius 2 is 2.50 bits per heavy atom. The second-order valence-corrected chi connectivity index (χ2v) is 6.41. The van der Waals surface area contributed by atoms with Gasteiger partial charge in [0.2, 0.25) is 5.91 Å². The van der Waals surface area contributed by atoms with E-state index in [0.717, 1.165) is 17.1 Å². The molecule has 0 saturated heterocycles. The fraction of sp³-hybridized carbons (Fsp3) is 0.400. The standard InChI is InChI=1S/C15H18N4O2S/c1-2-7-18(10-12-4-3-8-22-12)14(20)11-5-6-13-16-17-15(21)19(13)9-11/h2-4,8,11H,1,5-7,9-10H2,(H,17,21). The number of aromatic amines is 1. The van der Waals surface area contributed by atoms with Gasteiger partial charge in [0.1, 0.15) is 5.82 Å². The summed E-state index contributed by atoms with van der Waals surface area (Å²) in [4.78, 5) is 27.4. The molecular weight excluding hydrogens is 300 g/mol. The Kier molecular flexibility index (Phi) is 4.24. The van der Waals surface area contributed by atoms with Crippen LogP contribution in [0.3, 0.4) is 0 Å². The number of nitrogens with zero attached hydrogens (tertiary/aromatic N) is 3. The molecule has 2 aromatic rings. The Bertz CT molecular complexity index is 716. The molecule has 3 heterocycles. The normalized spacial score (nSPS) is 17.0. The second kappa shape index (κ2) is 6.31. The molecule has 3 rings (SSSR count). The van der Waals surface area contributed by atoms with Crippen LogP contribution in [0.25, 0.3) is 0 Å². The van der Waals surface area contributed by atoms with Crippen LogP contribution < -0.4 is 5.69 Å². The molecule has 0 spiro atoms. The van der Waals surface area contributed by atoms with Crippen LogP contribution in [0.5, 0.6) is 0 Å². The topological polar surface area (TPSA) is 71.0 Å². The zero-order valence-electron chi connectivity index (χ0n) is 12.2. The van der Waals surface area contributed by atoms with Gasteiger partial charge in [-0.2, -0.15) is 5.10 Å². The molecule has 22 heavy (non-hydrogen) atoms. The number of hydrogen-bond donors (Lipinski definition) is 1. The minimum Gasteiger partial charge on any atom is -0.334 e. The first-order chi connectivity index (χ1) is 10.7. The average molecular weight is 318 g/mol. The van der Waals surface area contributed by atoms with Crippen molar-refractivity contribution in [3.63, 3.8) is 0 Å². The van der Waals surface area contributed by atoms with E-state index >= 15 is 0 Å². The summed E-state index contributed by atoms with van der Waals surface area (Å²) in [6.07, 6.45) is 3.11. The molecule has 1 unspecified atom stereocenters. The Labute approximate surface area is 132 Å². The molecule has 2 aromatic heterocycles. The van der Waals surface area contributed by atoms with Crippen LogP contribution in [-0.4, -0.2) is 32.1 Å². The van der Waals surface area contributed by atoms with Crippen molar-refractivity contribution in [3.8, 4) is 0 Å². The predicted molar refractivity (Wildman–Crippen MR) is 84.6 cm³/mol. The van der Waals surface area contributed by atoms with Gasteiger partial charge in [0.25, 0.3) is 0 Å². The zero-order chi connectivity index (χ0) is 15.5. The number of carbonyl (C=O) groups is 1. The summed E-state index contributed by atoms with van der Waals surface area (Å²) in [6, 6.07) is 4.00. The molecule has 0 fully saturated rings. The highest BCUT2D eigenvalue weighted by atomic mass is 32.1. The Hall–Kier alpha value is -2.15. The van der Waals surface area contributed by atoms with Gasteiger partial charge >= 0.3 is 5.69 Å². The fourth-order valence-corrected chi connectivity index (χ4v) is 3.50. The van der Waals surface area contributed by atoms with Crippen LogP contribution in [0.2, 0.25) is 0 Å². The van der Waals surface area contributed by atoms with E-state index in [9.17, 15) is 9.59 Å². The monoisotopic (exact) mass is 318 g/mol. The molecule has 116 valence electrons. The molecular formula is C15H18N4O2S. The van der Waals surface area contributed by atoms with Crippen molar-refractivity contribution in [2.75, 3.05) is 6.54 Å². The van der Waals surface area contributed by atoms with Crippen molar-refractivity contribution >= 4 is 17.2 Å².